The third-order valence-corrected chi connectivity index (χ3v) is 7.98. The summed E-state index contributed by atoms with van der Waals surface area (Å²) in [4.78, 5) is 19.5. The Bertz CT molecular complexity index is 1110. The first-order valence-corrected chi connectivity index (χ1v) is 11.0. The van der Waals surface area contributed by atoms with Crippen molar-refractivity contribution in [2.45, 2.75) is 56.5 Å². The Hall–Kier alpha value is -2.55. The molecule has 0 saturated heterocycles. The summed E-state index contributed by atoms with van der Waals surface area (Å²) in [7, 11) is 0. The van der Waals surface area contributed by atoms with Crippen LogP contribution in [0.5, 0.6) is 0 Å². The maximum Gasteiger partial charge on any atom is 0.251 e. The molecule has 1 amide bonds. The molecule has 4 saturated carbocycles. The third-order valence-electron chi connectivity index (χ3n) is 7.15. The summed E-state index contributed by atoms with van der Waals surface area (Å²) in [5.41, 5.74) is 8.12. The van der Waals surface area contributed by atoms with Crippen molar-refractivity contribution >= 4 is 32.6 Å². The molecule has 4 aliphatic rings. The normalized spacial score (nSPS) is 32.7. The second-order valence-corrected chi connectivity index (χ2v) is 10.4. The Balaban J connectivity index is 1.33. The minimum Gasteiger partial charge on any atom is -0.375 e. The lowest BCUT2D eigenvalue weighted by molar-refractivity contribution is -0.0810. The van der Waals surface area contributed by atoms with E-state index < -0.39 is 0 Å². The number of carbonyl (C=O) groups excluding carboxylic acids is 1. The number of rotatable bonds is 3. The Morgan fingerprint density at radius 1 is 1.28 bits per heavy atom. The van der Waals surface area contributed by atoms with Crippen LogP contribution in [0.25, 0.3) is 10.2 Å². The molecule has 7 rings (SSSR count). The molecule has 2 heterocycles. The standard InChI is InChI=1S/C20H23N7OS/c1-11-2-14(4-15-16(11)24-18(21)29-15)17(28)25-19-5-12-3-13(6-19)8-20(7-12,9-19)27-23-10-22-26-27/h2,4,10,12-13H,3,5-9H2,1H3,(H2,21,24)(H,25,28). The predicted octanol–water partition coefficient (Wildman–Crippen LogP) is 2.65. The van der Waals surface area contributed by atoms with Crippen LogP contribution in [0.1, 0.15) is 54.4 Å². The second-order valence-electron chi connectivity index (χ2n) is 9.34. The van der Waals surface area contributed by atoms with Gasteiger partial charge in [-0.2, -0.15) is 4.80 Å². The molecule has 2 atom stereocenters. The summed E-state index contributed by atoms with van der Waals surface area (Å²) in [6, 6.07) is 3.84. The lowest BCUT2D eigenvalue weighted by Gasteiger charge is -2.61. The first kappa shape index (κ1) is 17.3. The number of carbonyl (C=O) groups is 1. The fourth-order valence-corrected chi connectivity index (χ4v) is 7.49. The monoisotopic (exact) mass is 409 g/mol. The van der Waals surface area contributed by atoms with Crippen molar-refractivity contribution in [3.8, 4) is 0 Å². The molecule has 4 aliphatic carbocycles. The third kappa shape index (κ3) is 2.59. The zero-order valence-electron chi connectivity index (χ0n) is 16.3. The van der Waals surface area contributed by atoms with Crippen molar-refractivity contribution in [1.82, 2.24) is 30.5 Å². The number of nitrogen functional groups attached to an aromatic ring is 1. The van der Waals surface area contributed by atoms with Gasteiger partial charge in [0.05, 0.1) is 15.8 Å². The largest absolute Gasteiger partial charge is 0.375 e. The van der Waals surface area contributed by atoms with Gasteiger partial charge >= 0.3 is 0 Å². The van der Waals surface area contributed by atoms with E-state index in [1.807, 2.05) is 23.9 Å². The molecule has 0 radical (unpaired) electrons. The van der Waals surface area contributed by atoms with E-state index in [0.29, 0.717) is 22.5 Å². The van der Waals surface area contributed by atoms with Gasteiger partial charge in [-0.05, 0) is 80.2 Å². The Labute approximate surface area is 171 Å². The van der Waals surface area contributed by atoms with E-state index in [0.717, 1.165) is 47.9 Å². The summed E-state index contributed by atoms with van der Waals surface area (Å²) in [6.45, 7) is 1.98. The van der Waals surface area contributed by atoms with Crippen molar-refractivity contribution in [3.63, 3.8) is 0 Å². The lowest BCUT2D eigenvalue weighted by atomic mass is 9.50. The number of nitrogens with two attached hydrogens (primary N) is 1. The predicted molar refractivity (Wildman–Crippen MR) is 109 cm³/mol. The molecule has 0 aliphatic heterocycles. The molecule has 0 spiro atoms. The van der Waals surface area contributed by atoms with E-state index in [9.17, 15) is 4.79 Å². The summed E-state index contributed by atoms with van der Waals surface area (Å²) in [5.74, 6) is 1.20. The smallest absolute Gasteiger partial charge is 0.251 e. The first-order valence-electron chi connectivity index (χ1n) is 10.2. The number of amides is 1. The quantitative estimate of drug-likeness (QED) is 0.688. The van der Waals surface area contributed by atoms with Crippen LogP contribution in [0, 0.1) is 18.8 Å². The zero-order valence-corrected chi connectivity index (χ0v) is 17.1. The number of benzene rings is 1. The molecular weight excluding hydrogens is 386 g/mol. The molecule has 1 aromatic carbocycles. The average molecular weight is 410 g/mol. The lowest BCUT2D eigenvalue weighted by Crippen LogP contribution is -2.66. The van der Waals surface area contributed by atoms with E-state index in [2.05, 4.69) is 25.7 Å². The molecule has 8 nitrogen and oxygen atoms in total. The summed E-state index contributed by atoms with van der Waals surface area (Å²) < 4.78 is 0.960. The van der Waals surface area contributed by atoms with Gasteiger partial charge in [-0.15, -0.1) is 10.2 Å². The SMILES string of the molecule is Cc1cc(C(=O)NC23CC4CC(C2)CC(n2ncnn2)(C4)C3)cc2sc(N)nc12. The maximum atomic E-state index is 13.3. The molecule has 4 fully saturated rings. The molecule has 29 heavy (non-hydrogen) atoms. The minimum absolute atomic E-state index is 0.00868. The van der Waals surface area contributed by atoms with E-state index in [-0.39, 0.29) is 17.0 Å². The number of aryl methyl sites for hydroxylation is 1. The molecule has 4 bridgehead atoms. The van der Waals surface area contributed by atoms with E-state index >= 15 is 0 Å². The van der Waals surface area contributed by atoms with Crippen molar-refractivity contribution in [1.29, 1.82) is 0 Å². The van der Waals surface area contributed by atoms with Crippen molar-refractivity contribution in [2.75, 3.05) is 5.73 Å². The number of anilines is 1. The van der Waals surface area contributed by atoms with Crippen LogP contribution < -0.4 is 11.1 Å². The van der Waals surface area contributed by atoms with Crippen LogP contribution in [-0.4, -0.2) is 36.6 Å². The van der Waals surface area contributed by atoms with Crippen molar-refractivity contribution in [3.05, 3.63) is 29.6 Å². The number of nitrogens with zero attached hydrogens (tertiary/aromatic N) is 5. The van der Waals surface area contributed by atoms with Gasteiger partial charge in [0.15, 0.2) is 11.5 Å². The average Bonchev–Trinajstić information content (AvgIpc) is 3.29. The van der Waals surface area contributed by atoms with Crippen LogP contribution in [-0.2, 0) is 5.54 Å². The molecule has 3 N–H and O–H groups in total. The van der Waals surface area contributed by atoms with Gasteiger partial charge in [-0.1, -0.05) is 11.3 Å². The van der Waals surface area contributed by atoms with Crippen LogP contribution in [0.2, 0.25) is 0 Å². The van der Waals surface area contributed by atoms with Gasteiger partial charge in [0.25, 0.3) is 5.91 Å². The van der Waals surface area contributed by atoms with Gasteiger partial charge in [-0.25, -0.2) is 4.98 Å². The van der Waals surface area contributed by atoms with Gasteiger partial charge in [0.1, 0.15) is 0 Å². The van der Waals surface area contributed by atoms with Crippen LogP contribution in [0.4, 0.5) is 5.13 Å². The van der Waals surface area contributed by atoms with Crippen LogP contribution in [0.3, 0.4) is 0 Å². The number of hydrogen-bond donors (Lipinski definition) is 2. The van der Waals surface area contributed by atoms with Crippen molar-refractivity contribution < 1.29 is 4.79 Å². The molecule has 2 aromatic heterocycles. The van der Waals surface area contributed by atoms with Gasteiger partial charge in [-0.3, -0.25) is 4.79 Å². The number of tetrazole rings is 1. The topological polar surface area (TPSA) is 112 Å². The fraction of sp³-hybridized carbons (Fsp3) is 0.550. The van der Waals surface area contributed by atoms with Gasteiger partial charge in [0, 0.05) is 11.1 Å². The number of thiazole rings is 1. The molecule has 2 unspecified atom stereocenters. The zero-order chi connectivity index (χ0) is 19.8. The second kappa shape index (κ2) is 5.75. The minimum atomic E-state index is -0.190. The number of nitrogens with one attached hydrogen (secondary N) is 1. The van der Waals surface area contributed by atoms with Gasteiger partial charge < -0.3 is 11.1 Å². The summed E-state index contributed by atoms with van der Waals surface area (Å²) in [6.07, 6.45) is 7.90. The highest BCUT2D eigenvalue weighted by atomic mass is 32.1. The molecule has 9 heteroatoms. The highest BCUT2D eigenvalue weighted by Crippen LogP contribution is 2.60. The van der Waals surface area contributed by atoms with Gasteiger partial charge in [0.2, 0.25) is 0 Å². The van der Waals surface area contributed by atoms with E-state index in [1.54, 1.807) is 0 Å². The maximum absolute atomic E-state index is 13.3. The summed E-state index contributed by atoms with van der Waals surface area (Å²) in [5, 5.41) is 16.6. The summed E-state index contributed by atoms with van der Waals surface area (Å²) >= 11 is 1.43. The van der Waals surface area contributed by atoms with Crippen LogP contribution >= 0.6 is 11.3 Å². The first-order chi connectivity index (χ1) is 13.9. The Morgan fingerprint density at radius 2 is 2.07 bits per heavy atom. The highest BCUT2D eigenvalue weighted by molar-refractivity contribution is 7.22. The number of hydrogen-bond acceptors (Lipinski definition) is 7. The van der Waals surface area contributed by atoms with E-state index in [4.69, 9.17) is 5.73 Å². The van der Waals surface area contributed by atoms with Crippen LogP contribution in [0.15, 0.2) is 18.5 Å². The fourth-order valence-electron chi connectivity index (χ4n) is 6.64. The van der Waals surface area contributed by atoms with E-state index in [1.165, 1.54) is 24.1 Å². The number of aromatic nitrogens is 5. The number of fused-ring (bicyclic) bond motifs is 1. The molecule has 3 aromatic rings. The Kier molecular flexibility index (Phi) is 3.43. The molecule has 150 valence electrons. The highest BCUT2D eigenvalue weighted by Gasteiger charge is 2.60. The Morgan fingerprint density at radius 3 is 2.79 bits per heavy atom. The van der Waals surface area contributed by atoms with Crippen molar-refractivity contribution in [2.24, 2.45) is 11.8 Å². The molecular formula is C20H23N7OS.